The molecule has 1 aromatic carbocycles. The van der Waals surface area contributed by atoms with Gasteiger partial charge in [-0.2, -0.15) is 0 Å². The number of benzene rings is 1. The zero-order valence-corrected chi connectivity index (χ0v) is 11.7. The molecule has 104 valence electrons. The molecule has 0 unspecified atom stereocenters. The molecule has 0 saturated heterocycles. The molecule has 0 aliphatic carbocycles. The van der Waals surface area contributed by atoms with Crippen LogP contribution in [0, 0.1) is 6.92 Å². The highest BCUT2D eigenvalue weighted by atomic mass is 32.2. The van der Waals surface area contributed by atoms with Crippen LogP contribution in [0.1, 0.15) is 5.56 Å². The summed E-state index contributed by atoms with van der Waals surface area (Å²) < 4.78 is 25.6. The monoisotopic (exact) mass is 283 g/mol. The average molecular weight is 283 g/mol. The van der Waals surface area contributed by atoms with Gasteiger partial charge in [-0.3, -0.25) is 0 Å². The lowest BCUT2D eigenvalue weighted by Gasteiger charge is -2.11. The topological polar surface area (TPSA) is 87.3 Å². The molecule has 1 aromatic rings. The Morgan fingerprint density at radius 2 is 2.11 bits per heavy atom. The number of carbonyl (C=O) groups is 1. The molecule has 0 atom stereocenters. The van der Waals surface area contributed by atoms with Gasteiger partial charge in [-0.15, -0.1) is 6.58 Å². The van der Waals surface area contributed by atoms with E-state index in [0.717, 1.165) is 5.56 Å². The number of anilines is 1. The summed E-state index contributed by atoms with van der Waals surface area (Å²) in [5, 5.41) is 5.14. The van der Waals surface area contributed by atoms with Crippen LogP contribution in [0.25, 0.3) is 0 Å². The summed E-state index contributed by atoms with van der Waals surface area (Å²) >= 11 is 0. The Morgan fingerprint density at radius 3 is 2.68 bits per heavy atom. The second-order valence-electron chi connectivity index (χ2n) is 3.81. The van der Waals surface area contributed by atoms with E-state index in [4.69, 9.17) is 0 Å². The van der Waals surface area contributed by atoms with Crippen LogP contribution >= 0.6 is 0 Å². The first kappa shape index (κ1) is 15.2. The number of sulfonamides is 1. The molecule has 6 nitrogen and oxygen atoms in total. The fraction of sp³-hybridized carbons (Fsp3) is 0.250. The number of rotatable bonds is 5. The molecule has 1 rings (SSSR count). The van der Waals surface area contributed by atoms with E-state index in [1.807, 2.05) is 0 Å². The normalized spacial score (nSPS) is 10.8. The molecular formula is C12H17N3O3S. The minimum absolute atomic E-state index is 0.0969. The van der Waals surface area contributed by atoms with Crippen molar-refractivity contribution in [3.8, 4) is 0 Å². The molecular weight excluding hydrogens is 266 g/mol. The Bertz CT molecular complexity index is 582. The molecule has 0 aliphatic rings. The zero-order chi connectivity index (χ0) is 14.5. The van der Waals surface area contributed by atoms with Crippen LogP contribution in [0.4, 0.5) is 10.5 Å². The summed E-state index contributed by atoms with van der Waals surface area (Å²) in [6.45, 7) is 5.59. The van der Waals surface area contributed by atoms with E-state index in [0.29, 0.717) is 12.2 Å². The van der Waals surface area contributed by atoms with Gasteiger partial charge in [-0.25, -0.2) is 17.9 Å². The van der Waals surface area contributed by atoms with E-state index >= 15 is 0 Å². The maximum Gasteiger partial charge on any atom is 0.319 e. The lowest BCUT2D eigenvalue weighted by molar-refractivity contribution is 0.253. The van der Waals surface area contributed by atoms with Gasteiger partial charge < -0.3 is 10.6 Å². The molecule has 0 fully saturated rings. The summed E-state index contributed by atoms with van der Waals surface area (Å²) in [6, 6.07) is 4.11. The van der Waals surface area contributed by atoms with Crippen LogP contribution < -0.4 is 15.4 Å². The van der Waals surface area contributed by atoms with Crippen LogP contribution in [0.15, 0.2) is 35.7 Å². The van der Waals surface area contributed by atoms with Crippen molar-refractivity contribution in [1.82, 2.24) is 10.0 Å². The van der Waals surface area contributed by atoms with Crippen molar-refractivity contribution in [1.29, 1.82) is 0 Å². The standard InChI is InChI=1S/C12H17N3O3S/c1-4-7-14-12(16)15-11-8-10(6-5-9(11)2)19(17,18)13-3/h4-6,8,13H,1,7H2,2-3H3,(H2,14,15,16). The smallest absolute Gasteiger partial charge is 0.319 e. The van der Waals surface area contributed by atoms with Gasteiger partial charge in [0.15, 0.2) is 0 Å². The second kappa shape index (κ2) is 6.35. The molecule has 0 spiro atoms. The minimum atomic E-state index is -3.53. The fourth-order valence-electron chi connectivity index (χ4n) is 1.35. The summed E-state index contributed by atoms with van der Waals surface area (Å²) in [5.41, 5.74) is 1.21. The quantitative estimate of drug-likeness (QED) is 0.710. The van der Waals surface area contributed by atoms with E-state index < -0.39 is 16.1 Å². The van der Waals surface area contributed by atoms with Gasteiger partial charge in [0.05, 0.1) is 4.90 Å². The van der Waals surface area contributed by atoms with Crippen LogP contribution in [0.5, 0.6) is 0 Å². The molecule has 0 radical (unpaired) electrons. The van der Waals surface area contributed by atoms with Gasteiger partial charge in [0.1, 0.15) is 0 Å². The maximum atomic E-state index is 11.7. The minimum Gasteiger partial charge on any atom is -0.334 e. The summed E-state index contributed by atoms with van der Waals surface area (Å²) in [6.07, 6.45) is 1.55. The van der Waals surface area contributed by atoms with Gasteiger partial charge >= 0.3 is 6.03 Å². The number of hydrogen-bond donors (Lipinski definition) is 3. The molecule has 3 N–H and O–H groups in total. The SMILES string of the molecule is C=CCNC(=O)Nc1cc(S(=O)(=O)NC)ccc1C. The number of hydrogen-bond acceptors (Lipinski definition) is 3. The highest BCUT2D eigenvalue weighted by Crippen LogP contribution is 2.19. The number of nitrogens with one attached hydrogen (secondary N) is 3. The molecule has 0 heterocycles. The van der Waals surface area contributed by atoms with Crippen LogP contribution in [-0.2, 0) is 10.0 Å². The fourth-order valence-corrected chi connectivity index (χ4v) is 2.11. The summed E-state index contributed by atoms with van der Waals surface area (Å²) in [7, 11) is -2.20. The molecule has 2 amide bonds. The molecule has 7 heteroatoms. The van der Waals surface area contributed by atoms with Gasteiger partial charge in [0.2, 0.25) is 10.0 Å². The Morgan fingerprint density at radius 1 is 1.42 bits per heavy atom. The van der Waals surface area contributed by atoms with Gasteiger partial charge in [0, 0.05) is 12.2 Å². The number of aryl methyl sites for hydroxylation is 1. The zero-order valence-electron chi connectivity index (χ0n) is 10.9. The van der Waals surface area contributed by atoms with Crippen molar-refractivity contribution < 1.29 is 13.2 Å². The van der Waals surface area contributed by atoms with E-state index in [9.17, 15) is 13.2 Å². The van der Waals surface area contributed by atoms with Crippen LogP contribution in [-0.4, -0.2) is 28.0 Å². The van der Waals surface area contributed by atoms with E-state index in [2.05, 4.69) is 21.9 Å². The van der Waals surface area contributed by atoms with Crippen molar-refractivity contribution in [3.05, 3.63) is 36.4 Å². The largest absolute Gasteiger partial charge is 0.334 e. The Labute approximate surface area is 113 Å². The predicted octanol–water partition coefficient (Wildman–Crippen LogP) is 1.21. The molecule has 0 aromatic heterocycles. The predicted molar refractivity (Wildman–Crippen MR) is 74.6 cm³/mol. The molecule has 0 saturated carbocycles. The van der Waals surface area contributed by atoms with Crippen LogP contribution in [0.2, 0.25) is 0 Å². The van der Waals surface area contributed by atoms with Crippen molar-refractivity contribution in [2.24, 2.45) is 0 Å². The number of carbonyl (C=O) groups excluding carboxylic acids is 1. The second-order valence-corrected chi connectivity index (χ2v) is 5.69. The van der Waals surface area contributed by atoms with Crippen molar-refractivity contribution in [2.45, 2.75) is 11.8 Å². The highest BCUT2D eigenvalue weighted by molar-refractivity contribution is 7.89. The summed E-state index contributed by atoms with van der Waals surface area (Å²) in [5.74, 6) is 0. The first-order valence-corrected chi connectivity index (χ1v) is 7.09. The molecule has 19 heavy (non-hydrogen) atoms. The average Bonchev–Trinajstić information content (AvgIpc) is 2.38. The lowest BCUT2D eigenvalue weighted by atomic mass is 10.2. The van der Waals surface area contributed by atoms with E-state index in [1.54, 1.807) is 19.1 Å². The molecule has 0 bridgehead atoms. The number of amides is 2. The Kier molecular flexibility index (Phi) is 5.08. The maximum absolute atomic E-state index is 11.7. The first-order valence-electron chi connectivity index (χ1n) is 5.60. The van der Waals surface area contributed by atoms with Crippen molar-refractivity contribution in [3.63, 3.8) is 0 Å². The van der Waals surface area contributed by atoms with E-state index in [-0.39, 0.29) is 4.90 Å². The van der Waals surface area contributed by atoms with Crippen molar-refractivity contribution >= 4 is 21.7 Å². The Balaban J connectivity index is 2.98. The highest BCUT2D eigenvalue weighted by Gasteiger charge is 2.13. The first-order chi connectivity index (χ1) is 8.90. The van der Waals surface area contributed by atoms with Gasteiger partial charge in [-0.1, -0.05) is 12.1 Å². The third-order valence-corrected chi connectivity index (χ3v) is 3.86. The third-order valence-electron chi connectivity index (χ3n) is 2.44. The lowest BCUT2D eigenvalue weighted by Crippen LogP contribution is -2.29. The van der Waals surface area contributed by atoms with E-state index in [1.165, 1.54) is 19.2 Å². The number of urea groups is 1. The Hall–Kier alpha value is -1.86. The van der Waals surface area contributed by atoms with Gasteiger partial charge in [-0.05, 0) is 31.7 Å². The molecule has 0 aliphatic heterocycles. The van der Waals surface area contributed by atoms with Crippen molar-refractivity contribution in [2.75, 3.05) is 18.9 Å². The van der Waals surface area contributed by atoms with Crippen LogP contribution in [0.3, 0.4) is 0 Å². The van der Waals surface area contributed by atoms with Gasteiger partial charge in [0.25, 0.3) is 0 Å². The third kappa shape index (κ3) is 4.08. The summed E-state index contributed by atoms with van der Waals surface area (Å²) in [4.78, 5) is 11.6.